The van der Waals surface area contributed by atoms with Crippen molar-refractivity contribution in [1.82, 2.24) is 20.0 Å². The van der Waals surface area contributed by atoms with Crippen LogP contribution in [-0.4, -0.2) is 110 Å². The van der Waals surface area contributed by atoms with Crippen LogP contribution in [0.25, 0.3) is 0 Å². The molecule has 3 heterocycles. The standard InChI is InChI=1S/C17H33N5OS.HI/c1-2-18-17(19-4-6-20-9-13-24-14-10-20)22-5-3-16(15-22)21-7-11-23-12-8-21;/h16H,2-15H2,1H3,(H,18,19);1H. The number of halogens is 1. The van der Waals surface area contributed by atoms with E-state index in [0.717, 1.165) is 65.0 Å². The highest BCUT2D eigenvalue weighted by Gasteiger charge is 2.30. The smallest absolute Gasteiger partial charge is 0.194 e. The summed E-state index contributed by atoms with van der Waals surface area (Å²) in [6.45, 7) is 13.7. The highest BCUT2D eigenvalue weighted by molar-refractivity contribution is 14.0. The van der Waals surface area contributed by atoms with Gasteiger partial charge in [-0.2, -0.15) is 11.8 Å². The molecule has 0 radical (unpaired) electrons. The van der Waals surface area contributed by atoms with Gasteiger partial charge in [0.15, 0.2) is 5.96 Å². The molecule has 1 atom stereocenters. The lowest BCUT2D eigenvalue weighted by Gasteiger charge is -2.32. The summed E-state index contributed by atoms with van der Waals surface area (Å²) in [5, 5.41) is 3.50. The Bertz CT molecular complexity index is 402. The molecular weight excluding hydrogens is 449 g/mol. The van der Waals surface area contributed by atoms with Gasteiger partial charge in [-0.1, -0.05) is 0 Å². The molecule has 0 spiro atoms. The number of hydrogen-bond acceptors (Lipinski definition) is 5. The Balaban J connectivity index is 0.00000225. The van der Waals surface area contributed by atoms with E-state index in [1.165, 1.54) is 31.0 Å². The molecule has 3 aliphatic rings. The fraction of sp³-hybridized carbons (Fsp3) is 0.941. The molecule has 8 heteroatoms. The zero-order valence-corrected chi connectivity index (χ0v) is 18.6. The Kier molecular flexibility index (Phi) is 10.2. The average molecular weight is 483 g/mol. The van der Waals surface area contributed by atoms with Gasteiger partial charge in [0.2, 0.25) is 0 Å². The average Bonchev–Trinajstić information content (AvgIpc) is 3.13. The summed E-state index contributed by atoms with van der Waals surface area (Å²) in [5.41, 5.74) is 0. The third kappa shape index (κ3) is 6.71. The third-order valence-corrected chi connectivity index (χ3v) is 6.08. The highest BCUT2D eigenvalue weighted by Crippen LogP contribution is 2.17. The maximum absolute atomic E-state index is 5.49. The van der Waals surface area contributed by atoms with E-state index in [1.807, 2.05) is 0 Å². The predicted octanol–water partition coefficient (Wildman–Crippen LogP) is 1.03. The Labute approximate surface area is 174 Å². The lowest BCUT2D eigenvalue weighted by Crippen LogP contribution is -2.46. The molecule has 25 heavy (non-hydrogen) atoms. The monoisotopic (exact) mass is 483 g/mol. The molecule has 1 N–H and O–H groups in total. The molecule has 0 aliphatic carbocycles. The number of guanidine groups is 1. The van der Waals surface area contributed by atoms with Crippen LogP contribution in [0.4, 0.5) is 0 Å². The fourth-order valence-corrected chi connectivity index (χ4v) is 4.70. The molecule has 3 fully saturated rings. The minimum Gasteiger partial charge on any atom is -0.379 e. The van der Waals surface area contributed by atoms with Gasteiger partial charge in [-0.15, -0.1) is 24.0 Å². The number of nitrogens with zero attached hydrogens (tertiary/aromatic N) is 4. The quantitative estimate of drug-likeness (QED) is 0.358. The van der Waals surface area contributed by atoms with Crippen molar-refractivity contribution in [3.05, 3.63) is 0 Å². The lowest BCUT2D eigenvalue weighted by molar-refractivity contribution is 0.0195. The molecule has 3 rings (SSSR count). The van der Waals surface area contributed by atoms with Crippen molar-refractivity contribution >= 4 is 41.7 Å². The first-order chi connectivity index (χ1) is 11.9. The van der Waals surface area contributed by atoms with E-state index in [2.05, 4.69) is 38.7 Å². The Morgan fingerprint density at radius 3 is 2.64 bits per heavy atom. The number of ether oxygens (including phenoxy) is 1. The van der Waals surface area contributed by atoms with E-state index in [1.54, 1.807) is 0 Å². The first-order valence-electron chi connectivity index (χ1n) is 9.52. The van der Waals surface area contributed by atoms with Gasteiger partial charge < -0.3 is 15.0 Å². The van der Waals surface area contributed by atoms with Crippen molar-refractivity contribution in [3.63, 3.8) is 0 Å². The zero-order valence-electron chi connectivity index (χ0n) is 15.5. The van der Waals surface area contributed by atoms with Crippen LogP contribution in [0.1, 0.15) is 13.3 Å². The predicted molar refractivity (Wildman–Crippen MR) is 118 cm³/mol. The zero-order chi connectivity index (χ0) is 16.6. The summed E-state index contributed by atoms with van der Waals surface area (Å²) < 4.78 is 5.49. The molecule has 146 valence electrons. The van der Waals surface area contributed by atoms with E-state index < -0.39 is 0 Å². The summed E-state index contributed by atoms with van der Waals surface area (Å²) in [6, 6.07) is 0.664. The van der Waals surface area contributed by atoms with Crippen molar-refractivity contribution in [2.24, 2.45) is 4.99 Å². The second-order valence-corrected chi connectivity index (χ2v) is 7.95. The summed E-state index contributed by atoms with van der Waals surface area (Å²) in [6.07, 6.45) is 1.24. The SMILES string of the molecule is CCNC(=NCCN1CCSCC1)N1CCC(N2CCOCC2)C1.I. The maximum Gasteiger partial charge on any atom is 0.194 e. The van der Waals surface area contributed by atoms with Crippen LogP contribution in [0.2, 0.25) is 0 Å². The topological polar surface area (TPSA) is 43.3 Å². The molecule has 0 amide bonds. The molecule has 0 aromatic heterocycles. The van der Waals surface area contributed by atoms with Gasteiger partial charge in [-0.3, -0.25) is 14.8 Å². The van der Waals surface area contributed by atoms with Crippen LogP contribution in [0.15, 0.2) is 4.99 Å². The number of rotatable bonds is 5. The van der Waals surface area contributed by atoms with Crippen LogP contribution in [0.3, 0.4) is 0 Å². The van der Waals surface area contributed by atoms with Crippen LogP contribution in [0.5, 0.6) is 0 Å². The summed E-state index contributed by atoms with van der Waals surface area (Å²) in [7, 11) is 0. The fourth-order valence-electron chi connectivity index (χ4n) is 3.72. The van der Waals surface area contributed by atoms with Crippen molar-refractivity contribution in [2.45, 2.75) is 19.4 Å². The van der Waals surface area contributed by atoms with E-state index in [4.69, 9.17) is 9.73 Å². The van der Waals surface area contributed by atoms with Gasteiger partial charge in [0, 0.05) is 69.9 Å². The minimum atomic E-state index is 0. The molecule has 3 aliphatic heterocycles. The van der Waals surface area contributed by atoms with E-state index >= 15 is 0 Å². The van der Waals surface area contributed by atoms with Crippen LogP contribution in [0, 0.1) is 0 Å². The van der Waals surface area contributed by atoms with Crippen molar-refractivity contribution in [3.8, 4) is 0 Å². The van der Waals surface area contributed by atoms with Crippen molar-refractivity contribution in [2.75, 3.05) is 83.6 Å². The van der Waals surface area contributed by atoms with Crippen molar-refractivity contribution in [1.29, 1.82) is 0 Å². The van der Waals surface area contributed by atoms with Crippen LogP contribution in [-0.2, 0) is 4.74 Å². The summed E-state index contributed by atoms with van der Waals surface area (Å²) >= 11 is 2.07. The first-order valence-corrected chi connectivity index (χ1v) is 10.7. The summed E-state index contributed by atoms with van der Waals surface area (Å²) in [5.74, 6) is 3.66. The first kappa shape index (κ1) is 21.5. The Hall–Kier alpha value is 0.230. The van der Waals surface area contributed by atoms with Crippen molar-refractivity contribution < 1.29 is 4.74 Å². The third-order valence-electron chi connectivity index (χ3n) is 5.14. The largest absolute Gasteiger partial charge is 0.379 e. The maximum atomic E-state index is 5.49. The minimum absolute atomic E-state index is 0. The van der Waals surface area contributed by atoms with E-state index in [9.17, 15) is 0 Å². The molecule has 0 saturated carbocycles. The number of morpholine rings is 1. The van der Waals surface area contributed by atoms with Gasteiger partial charge in [-0.05, 0) is 13.3 Å². The number of likely N-dealkylation sites (tertiary alicyclic amines) is 1. The lowest BCUT2D eigenvalue weighted by atomic mass is 10.2. The number of aliphatic imine (C=N–C) groups is 1. The second-order valence-electron chi connectivity index (χ2n) is 6.73. The Morgan fingerprint density at radius 1 is 1.16 bits per heavy atom. The van der Waals surface area contributed by atoms with Gasteiger partial charge >= 0.3 is 0 Å². The van der Waals surface area contributed by atoms with Crippen LogP contribution >= 0.6 is 35.7 Å². The molecular formula is C17H34IN5OS. The molecule has 0 bridgehead atoms. The molecule has 6 nitrogen and oxygen atoms in total. The van der Waals surface area contributed by atoms with E-state index in [0.29, 0.717) is 6.04 Å². The van der Waals surface area contributed by atoms with Gasteiger partial charge in [-0.25, -0.2) is 0 Å². The van der Waals surface area contributed by atoms with Gasteiger partial charge in [0.05, 0.1) is 19.8 Å². The summed E-state index contributed by atoms with van der Waals surface area (Å²) in [4.78, 5) is 12.5. The second kappa shape index (κ2) is 11.8. The highest BCUT2D eigenvalue weighted by atomic mass is 127. The van der Waals surface area contributed by atoms with Gasteiger partial charge in [0.1, 0.15) is 0 Å². The normalized spacial score (nSPS) is 26.5. The number of nitrogens with one attached hydrogen (secondary N) is 1. The molecule has 0 aromatic rings. The van der Waals surface area contributed by atoms with E-state index in [-0.39, 0.29) is 24.0 Å². The van der Waals surface area contributed by atoms with Crippen LogP contribution < -0.4 is 5.32 Å². The Morgan fingerprint density at radius 2 is 1.92 bits per heavy atom. The molecule has 1 unspecified atom stereocenters. The number of thioether (sulfide) groups is 1. The molecule has 3 saturated heterocycles. The number of hydrogen-bond donors (Lipinski definition) is 1. The van der Waals surface area contributed by atoms with Gasteiger partial charge in [0.25, 0.3) is 0 Å². The molecule has 0 aromatic carbocycles.